The van der Waals surface area contributed by atoms with Crippen molar-refractivity contribution in [2.45, 2.75) is 20.3 Å². The lowest BCUT2D eigenvalue weighted by atomic mass is 10.2. The van der Waals surface area contributed by atoms with Crippen LogP contribution in [-0.2, 0) is 0 Å². The molecule has 0 unspecified atom stereocenters. The van der Waals surface area contributed by atoms with E-state index >= 15 is 0 Å². The van der Waals surface area contributed by atoms with Crippen molar-refractivity contribution < 1.29 is 18.7 Å². The number of nitrogens with zero attached hydrogens (tertiary/aromatic N) is 1. The Kier molecular flexibility index (Phi) is 5.80. The SMILES string of the molecule is CCCOc1cc(/C=N\NC(=O)c2ccoc2C)ccc1OC. The summed E-state index contributed by atoms with van der Waals surface area (Å²) in [7, 11) is 1.59. The quantitative estimate of drug-likeness (QED) is 0.629. The van der Waals surface area contributed by atoms with Crippen LogP contribution in [0.3, 0.4) is 0 Å². The molecule has 122 valence electrons. The number of carbonyl (C=O) groups excluding carboxylic acids is 1. The highest BCUT2D eigenvalue weighted by Gasteiger charge is 2.10. The van der Waals surface area contributed by atoms with Gasteiger partial charge in [0, 0.05) is 0 Å². The molecule has 6 nitrogen and oxygen atoms in total. The van der Waals surface area contributed by atoms with Gasteiger partial charge in [0.05, 0.1) is 31.8 Å². The lowest BCUT2D eigenvalue weighted by Crippen LogP contribution is -2.17. The summed E-state index contributed by atoms with van der Waals surface area (Å²) in [6.07, 6.45) is 3.92. The Bertz CT molecular complexity index is 692. The monoisotopic (exact) mass is 316 g/mol. The number of hydrogen-bond donors (Lipinski definition) is 1. The van der Waals surface area contributed by atoms with Gasteiger partial charge < -0.3 is 13.9 Å². The van der Waals surface area contributed by atoms with E-state index in [-0.39, 0.29) is 5.91 Å². The number of amides is 1. The van der Waals surface area contributed by atoms with E-state index in [4.69, 9.17) is 13.9 Å². The number of nitrogens with one attached hydrogen (secondary N) is 1. The third-order valence-electron chi connectivity index (χ3n) is 3.13. The van der Waals surface area contributed by atoms with Gasteiger partial charge in [0.1, 0.15) is 5.76 Å². The Morgan fingerprint density at radius 1 is 1.35 bits per heavy atom. The number of rotatable bonds is 7. The number of hydrogen-bond acceptors (Lipinski definition) is 5. The van der Waals surface area contributed by atoms with Crippen LogP contribution in [0.25, 0.3) is 0 Å². The first kappa shape index (κ1) is 16.6. The zero-order chi connectivity index (χ0) is 16.7. The molecule has 1 N–H and O–H groups in total. The number of furan rings is 1. The maximum absolute atomic E-state index is 11.9. The predicted molar refractivity (Wildman–Crippen MR) is 87.3 cm³/mol. The van der Waals surface area contributed by atoms with Gasteiger partial charge in [0.2, 0.25) is 0 Å². The molecule has 0 saturated carbocycles. The number of carbonyl (C=O) groups is 1. The normalized spacial score (nSPS) is 10.7. The molecule has 1 aromatic carbocycles. The van der Waals surface area contributed by atoms with E-state index in [2.05, 4.69) is 10.5 Å². The molecule has 2 aromatic rings. The molecule has 1 heterocycles. The molecule has 0 aliphatic carbocycles. The van der Waals surface area contributed by atoms with Crippen molar-refractivity contribution in [1.29, 1.82) is 0 Å². The van der Waals surface area contributed by atoms with Gasteiger partial charge in [-0.05, 0) is 43.2 Å². The van der Waals surface area contributed by atoms with Gasteiger partial charge in [-0.25, -0.2) is 5.43 Å². The van der Waals surface area contributed by atoms with E-state index < -0.39 is 0 Å². The van der Waals surface area contributed by atoms with Crippen molar-refractivity contribution in [3.63, 3.8) is 0 Å². The van der Waals surface area contributed by atoms with Crippen molar-refractivity contribution in [2.75, 3.05) is 13.7 Å². The first-order chi connectivity index (χ1) is 11.2. The summed E-state index contributed by atoms with van der Waals surface area (Å²) >= 11 is 0. The summed E-state index contributed by atoms with van der Waals surface area (Å²) in [6, 6.07) is 7.04. The molecule has 1 amide bonds. The van der Waals surface area contributed by atoms with Gasteiger partial charge >= 0.3 is 0 Å². The van der Waals surface area contributed by atoms with Crippen LogP contribution >= 0.6 is 0 Å². The molecular formula is C17H20N2O4. The summed E-state index contributed by atoms with van der Waals surface area (Å²) in [5, 5.41) is 3.95. The first-order valence-electron chi connectivity index (χ1n) is 7.34. The molecule has 6 heteroatoms. The molecule has 0 atom stereocenters. The molecule has 0 radical (unpaired) electrons. The molecule has 1 aromatic heterocycles. The zero-order valence-electron chi connectivity index (χ0n) is 13.5. The molecular weight excluding hydrogens is 296 g/mol. The van der Waals surface area contributed by atoms with E-state index in [1.165, 1.54) is 6.26 Å². The minimum Gasteiger partial charge on any atom is -0.493 e. The van der Waals surface area contributed by atoms with Crippen LogP contribution in [0, 0.1) is 6.92 Å². The Hall–Kier alpha value is -2.76. The zero-order valence-corrected chi connectivity index (χ0v) is 13.5. The van der Waals surface area contributed by atoms with Crippen molar-refractivity contribution in [1.82, 2.24) is 5.43 Å². The van der Waals surface area contributed by atoms with E-state index in [9.17, 15) is 4.79 Å². The standard InChI is InChI=1S/C17H20N2O4/c1-4-8-23-16-10-13(5-6-15(16)21-3)11-18-19-17(20)14-7-9-22-12(14)2/h5-7,9-11H,4,8H2,1-3H3,(H,19,20)/b18-11-. The van der Waals surface area contributed by atoms with Crippen molar-refractivity contribution in [3.8, 4) is 11.5 Å². The van der Waals surface area contributed by atoms with Gasteiger partial charge in [-0.15, -0.1) is 0 Å². The summed E-state index contributed by atoms with van der Waals surface area (Å²) in [5.74, 6) is 1.55. The second-order valence-corrected chi connectivity index (χ2v) is 4.85. The minimum atomic E-state index is -0.316. The largest absolute Gasteiger partial charge is 0.493 e. The summed E-state index contributed by atoms with van der Waals surface area (Å²) in [6.45, 7) is 4.36. The number of methoxy groups -OCH3 is 1. The fourth-order valence-electron chi connectivity index (χ4n) is 1.94. The predicted octanol–water partition coefficient (Wildman–Crippen LogP) is 3.15. The topological polar surface area (TPSA) is 73.1 Å². The van der Waals surface area contributed by atoms with Crippen LogP contribution in [0.4, 0.5) is 0 Å². The van der Waals surface area contributed by atoms with Crippen LogP contribution < -0.4 is 14.9 Å². The van der Waals surface area contributed by atoms with Gasteiger partial charge in [-0.3, -0.25) is 4.79 Å². The molecule has 23 heavy (non-hydrogen) atoms. The molecule has 2 rings (SSSR count). The third-order valence-corrected chi connectivity index (χ3v) is 3.13. The van der Waals surface area contributed by atoms with Crippen LogP contribution in [0.2, 0.25) is 0 Å². The van der Waals surface area contributed by atoms with Crippen molar-refractivity contribution in [2.24, 2.45) is 5.10 Å². The molecule has 0 fully saturated rings. The van der Waals surface area contributed by atoms with Crippen LogP contribution in [0.5, 0.6) is 11.5 Å². The lowest BCUT2D eigenvalue weighted by molar-refractivity contribution is 0.0953. The second-order valence-electron chi connectivity index (χ2n) is 4.85. The molecule has 0 aliphatic rings. The molecule has 0 spiro atoms. The Balaban J connectivity index is 2.04. The van der Waals surface area contributed by atoms with Gasteiger partial charge in [-0.2, -0.15) is 5.10 Å². The number of hydrazone groups is 1. The van der Waals surface area contributed by atoms with Gasteiger partial charge in [0.25, 0.3) is 5.91 Å². The van der Waals surface area contributed by atoms with Crippen molar-refractivity contribution in [3.05, 3.63) is 47.4 Å². The highest BCUT2D eigenvalue weighted by atomic mass is 16.5. The van der Waals surface area contributed by atoms with Gasteiger partial charge in [0.15, 0.2) is 11.5 Å². The van der Waals surface area contributed by atoms with Gasteiger partial charge in [-0.1, -0.05) is 6.92 Å². The van der Waals surface area contributed by atoms with E-state index in [1.807, 2.05) is 19.1 Å². The maximum atomic E-state index is 11.9. The Labute approximate surface area is 135 Å². The maximum Gasteiger partial charge on any atom is 0.274 e. The minimum absolute atomic E-state index is 0.316. The highest BCUT2D eigenvalue weighted by molar-refractivity contribution is 5.95. The fraction of sp³-hybridized carbons (Fsp3) is 0.294. The Morgan fingerprint density at radius 3 is 2.83 bits per heavy atom. The third kappa shape index (κ3) is 4.35. The number of benzene rings is 1. The van der Waals surface area contributed by atoms with E-state index in [0.29, 0.717) is 29.4 Å². The number of aryl methyl sites for hydroxylation is 1. The lowest BCUT2D eigenvalue weighted by Gasteiger charge is -2.10. The summed E-state index contributed by atoms with van der Waals surface area (Å²) in [4.78, 5) is 11.9. The average Bonchev–Trinajstić information content (AvgIpc) is 2.99. The molecule has 0 bridgehead atoms. The van der Waals surface area contributed by atoms with Crippen LogP contribution in [-0.4, -0.2) is 25.8 Å². The smallest absolute Gasteiger partial charge is 0.274 e. The average molecular weight is 316 g/mol. The Morgan fingerprint density at radius 2 is 2.17 bits per heavy atom. The summed E-state index contributed by atoms with van der Waals surface area (Å²) < 4.78 is 16.0. The van der Waals surface area contributed by atoms with Crippen LogP contribution in [0.15, 0.2) is 40.0 Å². The molecule has 0 aliphatic heterocycles. The number of ether oxygens (including phenoxy) is 2. The fourth-order valence-corrected chi connectivity index (χ4v) is 1.94. The van der Waals surface area contributed by atoms with E-state index in [1.54, 1.807) is 32.4 Å². The summed E-state index contributed by atoms with van der Waals surface area (Å²) in [5.41, 5.74) is 3.72. The molecule has 0 saturated heterocycles. The first-order valence-corrected chi connectivity index (χ1v) is 7.34. The van der Waals surface area contributed by atoms with Crippen LogP contribution in [0.1, 0.15) is 35.0 Å². The second kappa shape index (κ2) is 8.03. The van der Waals surface area contributed by atoms with Crippen molar-refractivity contribution >= 4 is 12.1 Å². The van der Waals surface area contributed by atoms with E-state index in [0.717, 1.165) is 12.0 Å². The highest BCUT2D eigenvalue weighted by Crippen LogP contribution is 2.27.